The lowest BCUT2D eigenvalue weighted by molar-refractivity contribution is 0.591. The lowest BCUT2D eigenvalue weighted by atomic mass is 9.96. The minimum Gasteiger partial charge on any atom is -0.317 e. The molecule has 1 atom stereocenters. The van der Waals surface area contributed by atoms with Crippen LogP contribution < -0.4 is 5.32 Å². The Morgan fingerprint density at radius 2 is 2.13 bits per heavy atom. The molecule has 0 radical (unpaired) electrons. The van der Waals surface area contributed by atoms with E-state index >= 15 is 0 Å². The molecule has 2 heteroatoms. The minimum absolute atomic E-state index is 0.0946. The van der Waals surface area contributed by atoms with Crippen LogP contribution >= 0.6 is 0 Å². The van der Waals surface area contributed by atoms with Crippen molar-refractivity contribution in [2.24, 2.45) is 0 Å². The Hall–Kier alpha value is -0.890. The van der Waals surface area contributed by atoms with Gasteiger partial charge in [-0.1, -0.05) is 26.0 Å². The molecule has 1 aromatic carbocycles. The van der Waals surface area contributed by atoms with Gasteiger partial charge in [0.2, 0.25) is 0 Å². The van der Waals surface area contributed by atoms with Crippen LogP contribution in [0.2, 0.25) is 0 Å². The van der Waals surface area contributed by atoms with Crippen molar-refractivity contribution < 1.29 is 4.39 Å². The zero-order valence-corrected chi connectivity index (χ0v) is 9.81. The predicted octanol–water partition coefficient (Wildman–Crippen LogP) is 3.24. The Morgan fingerprint density at radius 3 is 2.73 bits per heavy atom. The maximum Gasteiger partial charge on any atom is 0.126 e. The second kappa shape index (κ2) is 5.86. The van der Waals surface area contributed by atoms with Crippen molar-refractivity contribution >= 4 is 0 Å². The number of aryl methyl sites for hydroxylation is 1. The van der Waals surface area contributed by atoms with Crippen molar-refractivity contribution in [3.8, 4) is 0 Å². The van der Waals surface area contributed by atoms with Crippen molar-refractivity contribution in [2.45, 2.75) is 33.1 Å². The third-order valence-electron chi connectivity index (χ3n) is 2.77. The van der Waals surface area contributed by atoms with E-state index in [0.717, 1.165) is 30.6 Å². The number of nitrogens with one attached hydrogen (secondary N) is 1. The van der Waals surface area contributed by atoms with Gasteiger partial charge in [-0.05, 0) is 49.5 Å². The maximum atomic E-state index is 13.3. The molecule has 0 saturated heterocycles. The molecule has 1 aromatic rings. The Balaban J connectivity index is 2.57. The Morgan fingerprint density at radius 1 is 1.40 bits per heavy atom. The van der Waals surface area contributed by atoms with E-state index in [1.807, 2.05) is 12.1 Å². The number of hydrogen-bond acceptors (Lipinski definition) is 1. The third-order valence-corrected chi connectivity index (χ3v) is 2.77. The van der Waals surface area contributed by atoms with Gasteiger partial charge >= 0.3 is 0 Å². The minimum atomic E-state index is -0.0946. The monoisotopic (exact) mass is 209 g/mol. The summed E-state index contributed by atoms with van der Waals surface area (Å²) >= 11 is 0. The fourth-order valence-corrected chi connectivity index (χ4v) is 1.58. The van der Waals surface area contributed by atoms with Gasteiger partial charge in [-0.3, -0.25) is 0 Å². The molecule has 0 bridgehead atoms. The molecule has 0 heterocycles. The van der Waals surface area contributed by atoms with E-state index in [-0.39, 0.29) is 5.82 Å². The van der Waals surface area contributed by atoms with Crippen molar-refractivity contribution in [3.63, 3.8) is 0 Å². The van der Waals surface area contributed by atoms with Crippen molar-refractivity contribution in [2.75, 3.05) is 13.1 Å². The molecule has 1 nitrogen and oxygen atoms in total. The lowest BCUT2D eigenvalue weighted by Crippen LogP contribution is -2.16. The zero-order chi connectivity index (χ0) is 11.3. The van der Waals surface area contributed by atoms with Crippen LogP contribution in [-0.2, 0) is 0 Å². The smallest absolute Gasteiger partial charge is 0.126 e. The van der Waals surface area contributed by atoms with Crippen LogP contribution in [0.5, 0.6) is 0 Å². The second-order valence-corrected chi connectivity index (χ2v) is 4.05. The molecule has 0 amide bonds. The third kappa shape index (κ3) is 3.63. The van der Waals surface area contributed by atoms with Gasteiger partial charge in [0.05, 0.1) is 0 Å². The zero-order valence-electron chi connectivity index (χ0n) is 9.81. The molecule has 84 valence electrons. The van der Waals surface area contributed by atoms with Gasteiger partial charge < -0.3 is 5.32 Å². The highest BCUT2D eigenvalue weighted by Crippen LogP contribution is 2.20. The summed E-state index contributed by atoms with van der Waals surface area (Å²) in [6, 6.07) is 5.54. The van der Waals surface area contributed by atoms with E-state index in [9.17, 15) is 4.39 Å². The number of hydrogen-bond donors (Lipinski definition) is 1. The summed E-state index contributed by atoms with van der Waals surface area (Å²) in [6.07, 6.45) is 1.05. The van der Waals surface area contributed by atoms with E-state index in [0.29, 0.717) is 5.92 Å². The van der Waals surface area contributed by atoms with Gasteiger partial charge in [-0.15, -0.1) is 0 Å². The van der Waals surface area contributed by atoms with Gasteiger partial charge in [0.1, 0.15) is 5.82 Å². The summed E-state index contributed by atoms with van der Waals surface area (Å²) in [7, 11) is 0. The number of rotatable bonds is 5. The molecule has 1 rings (SSSR count). The predicted molar refractivity (Wildman–Crippen MR) is 62.7 cm³/mol. The molecule has 0 saturated carbocycles. The van der Waals surface area contributed by atoms with Gasteiger partial charge in [0.25, 0.3) is 0 Å². The van der Waals surface area contributed by atoms with Crippen molar-refractivity contribution in [1.82, 2.24) is 5.32 Å². The van der Waals surface area contributed by atoms with E-state index in [2.05, 4.69) is 19.2 Å². The van der Waals surface area contributed by atoms with E-state index < -0.39 is 0 Å². The fourth-order valence-electron chi connectivity index (χ4n) is 1.58. The van der Waals surface area contributed by atoms with E-state index in [4.69, 9.17) is 0 Å². The van der Waals surface area contributed by atoms with Gasteiger partial charge in [0.15, 0.2) is 0 Å². The lowest BCUT2D eigenvalue weighted by Gasteiger charge is -2.12. The fraction of sp³-hybridized carbons (Fsp3) is 0.538. The number of halogens is 1. The SMILES string of the molecule is CCNCCC(C)c1ccc(C)c(F)c1. The van der Waals surface area contributed by atoms with Gasteiger partial charge in [-0.25, -0.2) is 4.39 Å². The molecule has 0 aliphatic heterocycles. The standard InChI is InChI=1S/C13H20FN/c1-4-15-8-7-10(2)12-6-5-11(3)13(14)9-12/h5-6,9-10,15H,4,7-8H2,1-3H3. The maximum absolute atomic E-state index is 13.3. The summed E-state index contributed by atoms with van der Waals surface area (Å²) in [5.74, 6) is 0.321. The van der Waals surface area contributed by atoms with Crippen LogP contribution in [0, 0.1) is 12.7 Å². The summed E-state index contributed by atoms with van der Waals surface area (Å²) in [5.41, 5.74) is 1.81. The quantitative estimate of drug-likeness (QED) is 0.734. The molecular formula is C13H20FN. The Bertz CT molecular complexity index is 309. The molecule has 15 heavy (non-hydrogen) atoms. The van der Waals surface area contributed by atoms with E-state index in [1.165, 1.54) is 0 Å². The van der Waals surface area contributed by atoms with Crippen LogP contribution in [0.3, 0.4) is 0 Å². The van der Waals surface area contributed by atoms with Crippen LogP contribution in [0.25, 0.3) is 0 Å². The van der Waals surface area contributed by atoms with E-state index in [1.54, 1.807) is 13.0 Å². The van der Waals surface area contributed by atoms with Gasteiger partial charge in [-0.2, -0.15) is 0 Å². The first-order chi connectivity index (χ1) is 7.15. The van der Waals surface area contributed by atoms with Gasteiger partial charge in [0, 0.05) is 0 Å². The highest BCUT2D eigenvalue weighted by molar-refractivity contribution is 5.25. The van der Waals surface area contributed by atoms with Crippen LogP contribution in [0.1, 0.15) is 37.3 Å². The van der Waals surface area contributed by atoms with Crippen molar-refractivity contribution in [1.29, 1.82) is 0 Å². The molecular weight excluding hydrogens is 189 g/mol. The first-order valence-electron chi connectivity index (χ1n) is 5.62. The molecule has 1 N–H and O–H groups in total. The summed E-state index contributed by atoms with van der Waals surface area (Å²) in [6.45, 7) is 8.02. The molecule has 0 aliphatic rings. The Labute approximate surface area is 91.7 Å². The average molecular weight is 209 g/mol. The normalized spacial score (nSPS) is 12.8. The highest BCUT2D eigenvalue weighted by atomic mass is 19.1. The molecule has 0 aromatic heterocycles. The average Bonchev–Trinajstić information content (AvgIpc) is 2.22. The van der Waals surface area contributed by atoms with Crippen LogP contribution in [0.15, 0.2) is 18.2 Å². The topological polar surface area (TPSA) is 12.0 Å². The highest BCUT2D eigenvalue weighted by Gasteiger charge is 2.07. The first-order valence-corrected chi connectivity index (χ1v) is 5.62. The molecule has 1 unspecified atom stereocenters. The Kier molecular flexibility index (Phi) is 4.76. The van der Waals surface area contributed by atoms with Crippen molar-refractivity contribution in [3.05, 3.63) is 35.1 Å². The molecule has 0 spiro atoms. The first kappa shape index (κ1) is 12.2. The summed E-state index contributed by atoms with van der Waals surface area (Å²) in [4.78, 5) is 0. The van der Waals surface area contributed by atoms with Crippen LogP contribution in [-0.4, -0.2) is 13.1 Å². The summed E-state index contributed by atoms with van der Waals surface area (Å²) in [5, 5.41) is 3.28. The molecule has 0 aliphatic carbocycles. The second-order valence-electron chi connectivity index (χ2n) is 4.05. The molecule has 0 fully saturated rings. The largest absolute Gasteiger partial charge is 0.317 e. The summed E-state index contributed by atoms with van der Waals surface area (Å²) < 4.78 is 13.3. The number of benzene rings is 1. The van der Waals surface area contributed by atoms with Crippen LogP contribution in [0.4, 0.5) is 4.39 Å².